The predicted octanol–water partition coefficient (Wildman–Crippen LogP) is 3.46. The predicted molar refractivity (Wildman–Crippen MR) is 89.9 cm³/mol. The summed E-state index contributed by atoms with van der Waals surface area (Å²) >= 11 is 1.51. The molecule has 0 unspecified atom stereocenters. The molecule has 1 saturated heterocycles. The largest absolute Gasteiger partial charge is 0.419 e. The molecule has 1 fully saturated rings. The highest BCUT2D eigenvalue weighted by atomic mass is 32.2. The zero-order valence-corrected chi connectivity index (χ0v) is 14.6. The van der Waals surface area contributed by atoms with E-state index < -0.39 is 21.9 Å². The van der Waals surface area contributed by atoms with Crippen LogP contribution in [0.1, 0.15) is 24.8 Å². The van der Waals surface area contributed by atoms with Crippen LogP contribution in [0.4, 0.5) is 4.39 Å². The molecule has 0 spiro atoms. The summed E-state index contributed by atoms with van der Waals surface area (Å²) < 4.78 is 46.2. The van der Waals surface area contributed by atoms with Crippen LogP contribution in [0.2, 0.25) is 0 Å². The minimum Gasteiger partial charge on any atom is -0.419 e. The van der Waals surface area contributed by atoms with Crippen LogP contribution in [0.3, 0.4) is 0 Å². The summed E-state index contributed by atoms with van der Waals surface area (Å²) in [7, 11) is -3.84. The highest BCUT2D eigenvalue weighted by Gasteiger charge is 2.39. The van der Waals surface area contributed by atoms with Crippen LogP contribution in [-0.4, -0.2) is 29.5 Å². The summed E-state index contributed by atoms with van der Waals surface area (Å²) in [6.45, 7) is 0.333. The van der Waals surface area contributed by atoms with E-state index in [4.69, 9.17) is 4.42 Å². The Bertz CT molecular complexity index is 986. The number of benzene rings is 1. The summed E-state index contributed by atoms with van der Waals surface area (Å²) in [5.74, 6) is 0.0410. The smallest absolute Gasteiger partial charge is 0.248 e. The molecule has 2 aromatic heterocycles. The van der Waals surface area contributed by atoms with Crippen molar-refractivity contribution in [3.05, 3.63) is 52.8 Å². The van der Waals surface area contributed by atoms with Gasteiger partial charge in [0, 0.05) is 17.5 Å². The van der Waals surface area contributed by atoms with Crippen molar-refractivity contribution in [2.45, 2.75) is 23.8 Å². The standard InChI is InChI=1S/C16H14FN3O3S2/c17-12-3-1-4-13(9-12)25(21,22)20-7-2-5-14(20)16-19-18-15(23-16)11-6-8-24-10-11/h1,3-4,6,8-10,14H,2,5,7H2/t14-/m1/s1. The van der Waals surface area contributed by atoms with Gasteiger partial charge in [0.2, 0.25) is 21.8 Å². The zero-order chi connectivity index (χ0) is 17.4. The normalized spacial score (nSPS) is 18.7. The molecule has 1 aliphatic heterocycles. The van der Waals surface area contributed by atoms with Gasteiger partial charge < -0.3 is 4.42 Å². The molecule has 4 rings (SSSR count). The summed E-state index contributed by atoms with van der Waals surface area (Å²) in [4.78, 5) is -0.0722. The van der Waals surface area contributed by atoms with Crippen LogP contribution in [0.5, 0.6) is 0 Å². The van der Waals surface area contributed by atoms with Gasteiger partial charge in [-0.25, -0.2) is 12.8 Å². The lowest BCUT2D eigenvalue weighted by atomic mass is 10.2. The second kappa shape index (κ2) is 6.32. The first kappa shape index (κ1) is 16.4. The van der Waals surface area contributed by atoms with Gasteiger partial charge in [-0.05, 0) is 42.5 Å². The molecule has 0 amide bonds. The lowest BCUT2D eigenvalue weighted by Crippen LogP contribution is -2.31. The number of aromatic nitrogens is 2. The first-order valence-electron chi connectivity index (χ1n) is 7.69. The van der Waals surface area contributed by atoms with Crippen molar-refractivity contribution in [2.24, 2.45) is 0 Å². The van der Waals surface area contributed by atoms with E-state index in [1.54, 1.807) is 0 Å². The van der Waals surface area contributed by atoms with Gasteiger partial charge in [0.15, 0.2) is 0 Å². The number of thiophene rings is 1. The fraction of sp³-hybridized carbons (Fsp3) is 0.250. The van der Waals surface area contributed by atoms with Crippen LogP contribution < -0.4 is 0 Å². The second-order valence-corrected chi connectivity index (χ2v) is 8.36. The first-order valence-corrected chi connectivity index (χ1v) is 10.1. The summed E-state index contributed by atoms with van der Waals surface area (Å²) in [6, 6.07) is 6.33. The highest BCUT2D eigenvalue weighted by Crippen LogP contribution is 2.37. The number of hydrogen-bond acceptors (Lipinski definition) is 6. The molecule has 1 atom stereocenters. The lowest BCUT2D eigenvalue weighted by Gasteiger charge is -2.21. The molecular weight excluding hydrogens is 365 g/mol. The van der Waals surface area contributed by atoms with Crippen molar-refractivity contribution in [3.63, 3.8) is 0 Å². The molecule has 0 aliphatic carbocycles. The quantitative estimate of drug-likeness (QED) is 0.694. The van der Waals surface area contributed by atoms with E-state index in [0.29, 0.717) is 25.3 Å². The number of halogens is 1. The lowest BCUT2D eigenvalue weighted by molar-refractivity contribution is 0.332. The first-order chi connectivity index (χ1) is 12.1. The Labute approximate surface area is 148 Å². The fourth-order valence-electron chi connectivity index (χ4n) is 2.91. The molecule has 0 radical (unpaired) electrons. The Morgan fingerprint density at radius 2 is 2.16 bits per heavy atom. The van der Waals surface area contributed by atoms with Crippen molar-refractivity contribution < 1.29 is 17.2 Å². The van der Waals surface area contributed by atoms with Gasteiger partial charge in [-0.3, -0.25) is 0 Å². The minimum absolute atomic E-state index is 0.0722. The van der Waals surface area contributed by atoms with Crippen molar-refractivity contribution in [1.82, 2.24) is 14.5 Å². The van der Waals surface area contributed by atoms with Gasteiger partial charge in [0.1, 0.15) is 11.9 Å². The molecule has 3 heterocycles. The van der Waals surface area contributed by atoms with Gasteiger partial charge in [-0.1, -0.05) is 6.07 Å². The molecule has 9 heteroatoms. The van der Waals surface area contributed by atoms with E-state index in [2.05, 4.69) is 10.2 Å². The third-order valence-corrected chi connectivity index (χ3v) is 6.69. The van der Waals surface area contributed by atoms with E-state index in [1.165, 1.54) is 33.8 Å². The van der Waals surface area contributed by atoms with Gasteiger partial charge >= 0.3 is 0 Å². The maximum absolute atomic E-state index is 13.4. The van der Waals surface area contributed by atoms with Crippen molar-refractivity contribution in [3.8, 4) is 11.5 Å². The van der Waals surface area contributed by atoms with E-state index >= 15 is 0 Å². The molecule has 1 aliphatic rings. The number of nitrogens with zero attached hydrogens (tertiary/aromatic N) is 3. The van der Waals surface area contributed by atoms with Crippen LogP contribution >= 0.6 is 11.3 Å². The minimum atomic E-state index is -3.84. The van der Waals surface area contributed by atoms with Crippen molar-refractivity contribution in [1.29, 1.82) is 0 Å². The van der Waals surface area contributed by atoms with Crippen molar-refractivity contribution >= 4 is 21.4 Å². The Kier molecular flexibility index (Phi) is 4.14. The van der Waals surface area contributed by atoms with Crippen LogP contribution in [0, 0.1) is 5.82 Å². The van der Waals surface area contributed by atoms with E-state index in [1.807, 2.05) is 16.8 Å². The van der Waals surface area contributed by atoms with E-state index in [-0.39, 0.29) is 10.8 Å². The number of rotatable bonds is 4. The molecule has 1 aromatic carbocycles. The van der Waals surface area contributed by atoms with Crippen LogP contribution in [-0.2, 0) is 10.0 Å². The summed E-state index contributed by atoms with van der Waals surface area (Å²) in [5.41, 5.74) is 0.807. The summed E-state index contributed by atoms with van der Waals surface area (Å²) in [6.07, 6.45) is 1.26. The fourth-order valence-corrected chi connectivity index (χ4v) is 5.22. The molecule has 6 nitrogen and oxygen atoms in total. The zero-order valence-electron chi connectivity index (χ0n) is 13.0. The Balaban J connectivity index is 1.67. The summed E-state index contributed by atoms with van der Waals surface area (Å²) in [5, 5.41) is 11.8. The Hall–Kier alpha value is -2.10. The maximum atomic E-state index is 13.4. The van der Waals surface area contributed by atoms with Crippen molar-refractivity contribution in [2.75, 3.05) is 6.54 Å². The molecule has 0 saturated carbocycles. The Morgan fingerprint density at radius 1 is 1.28 bits per heavy atom. The molecule has 0 N–H and O–H groups in total. The average Bonchev–Trinajstić information content (AvgIpc) is 3.33. The Morgan fingerprint density at radius 3 is 2.92 bits per heavy atom. The van der Waals surface area contributed by atoms with Gasteiger partial charge in [0.05, 0.1) is 4.90 Å². The molecule has 3 aromatic rings. The number of sulfonamides is 1. The van der Waals surface area contributed by atoms with E-state index in [0.717, 1.165) is 11.6 Å². The van der Waals surface area contributed by atoms with Gasteiger partial charge in [-0.15, -0.1) is 10.2 Å². The van der Waals surface area contributed by atoms with Crippen LogP contribution in [0.15, 0.2) is 50.4 Å². The highest BCUT2D eigenvalue weighted by molar-refractivity contribution is 7.89. The monoisotopic (exact) mass is 379 g/mol. The van der Waals surface area contributed by atoms with Gasteiger partial charge in [-0.2, -0.15) is 15.6 Å². The third kappa shape index (κ3) is 2.99. The molecular formula is C16H14FN3O3S2. The molecule has 25 heavy (non-hydrogen) atoms. The molecule has 0 bridgehead atoms. The topological polar surface area (TPSA) is 76.3 Å². The van der Waals surface area contributed by atoms with E-state index in [9.17, 15) is 12.8 Å². The molecule has 130 valence electrons. The third-order valence-electron chi connectivity index (χ3n) is 4.10. The van der Waals surface area contributed by atoms with Gasteiger partial charge in [0.25, 0.3) is 0 Å². The second-order valence-electron chi connectivity index (χ2n) is 5.69. The SMILES string of the molecule is O=S(=O)(c1cccc(F)c1)N1CCC[C@@H]1c1nnc(-c2ccsc2)o1. The maximum Gasteiger partial charge on any atom is 0.248 e. The average molecular weight is 379 g/mol. The number of hydrogen-bond donors (Lipinski definition) is 0. The van der Waals surface area contributed by atoms with Crippen LogP contribution in [0.25, 0.3) is 11.5 Å².